The van der Waals surface area contributed by atoms with Gasteiger partial charge < -0.3 is 9.15 Å². The molecule has 1 N–H and O–H groups in total. The smallest absolute Gasteiger partial charge is 0.426 e. The lowest BCUT2D eigenvalue weighted by molar-refractivity contribution is -0.197. The summed E-state index contributed by atoms with van der Waals surface area (Å²) in [6.45, 7) is 0. The fraction of sp³-hybridized carbons (Fsp3) is 0.375. The summed E-state index contributed by atoms with van der Waals surface area (Å²) in [6, 6.07) is 1.04. The lowest BCUT2D eigenvalue weighted by Gasteiger charge is -2.18. The first-order chi connectivity index (χ1) is 8.09. The summed E-state index contributed by atoms with van der Waals surface area (Å²) in [5.41, 5.74) is -0.306. The van der Waals surface area contributed by atoms with Crippen LogP contribution in [0, 0.1) is 0 Å². The summed E-state index contributed by atoms with van der Waals surface area (Å²) in [7, 11) is -4.94. The Morgan fingerprint density at radius 2 is 2.11 bits per heavy atom. The molecule has 1 unspecified atom stereocenters. The highest BCUT2D eigenvalue weighted by Crippen LogP contribution is 2.25. The zero-order chi connectivity index (χ0) is 14.0. The van der Waals surface area contributed by atoms with E-state index in [9.17, 15) is 26.4 Å². The van der Waals surface area contributed by atoms with Crippen molar-refractivity contribution >= 4 is 16.1 Å². The third-order valence-corrected chi connectivity index (χ3v) is 2.46. The van der Waals surface area contributed by atoms with E-state index in [-0.39, 0.29) is 5.56 Å². The van der Waals surface area contributed by atoms with E-state index in [4.69, 9.17) is 4.55 Å². The van der Waals surface area contributed by atoms with Crippen molar-refractivity contribution in [3.63, 3.8) is 0 Å². The van der Waals surface area contributed by atoms with Crippen molar-refractivity contribution < 1.29 is 40.1 Å². The van der Waals surface area contributed by atoms with E-state index in [1.807, 2.05) is 0 Å². The van der Waals surface area contributed by atoms with Crippen molar-refractivity contribution in [3.05, 3.63) is 24.2 Å². The van der Waals surface area contributed by atoms with Crippen LogP contribution in [0.2, 0.25) is 0 Å². The summed E-state index contributed by atoms with van der Waals surface area (Å²) in [5.74, 6) is -3.17. The molecule has 0 amide bonds. The summed E-state index contributed by atoms with van der Waals surface area (Å²) in [4.78, 5) is 11.2. The Morgan fingerprint density at radius 3 is 2.50 bits per heavy atom. The molecule has 0 aromatic carbocycles. The largest absolute Gasteiger partial charge is 0.472 e. The Bertz CT molecular complexity index is 503. The lowest BCUT2D eigenvalue weighted by atomic mass is 10.3. The minimum absolute atomic E-state index is 0.306. The second kappa shape index (κ2) is 4.98. The molecule has 0 radical (unpaired) electrons. The van der Waals surface area contributed by atoms with Crippen LogP contribution in [0.5, 0.6) is 0 Å². The monoisotopic (exact) mass is 288 g/mol. The van der Waals surface area contributed by atoms with Crippen molar-refractivity contribution in [1.82, 2.24) is 0 Å². The third-order valence-electron chi connectivity index (χ3n) is 1.73. The molecule has 18 heavy (non-hydrogen) atoms. The fourth-order valence-corrected chi connectivity index (χ4v) is 1.60. The van der Waals surface area contributed by atoms with Crippen LogP contribution in [-0.2, 0) is 14.9 Å². The van der Waals surface area contributed by atoms with E-state index in [1.54, 1.807) is 0 Å². The number of esters is 1. The highest BCUT2D eigenvalue weighted by molar-refractivity contribution is 7.85. The molecule has 1 heterocycles. The first kappa shape index (κ1) is 14.5. The summed E-state index contributed by atoms with van der Waals surface area (Å²) >= 11 is 0. The molecule has 0 fully saturated rings. The van der Waals surface area contributed by atoms with Gasteiger partial charge in [0, 0.05) is 0 Å². The quantitative estimate of drug-likeness (QED) is 0.662. The molecule has 1 atom stereocenters. The SMILES string of the molecule is O=C(OC(CS(=O)(=O)O)C(F)(F)F)c1ccoc1. The van der Waals surface area contributed by atoms with Gasteiger partial charge in [-0.05, 0) is 6.07 Å². The molecule has 0 bridgehead atoms. The van der Waals surface area contributed by atoms with Crippen molar-refractivity contribution in [2.45, 2.75) is 12.3 Å². The first-order valence-corrected chi connectivity index (χ1v) is 5.95. The van der Waals surface area contributed by atoms with Crippen LogP contribution in [-0.4, -0.2) is 37.0 Å². The molecule has 0 aliphatic heterocycles. The van der Waals surface area contributed by atoms with E-state index in [0.717, 1.165) is 18.6 Å². The predicted octanol–water partition coefficient (Wildman–Crippen LogP) is 1.26. The lowest BCUT2D eigenvalue weighted by Crippen LogP contribution is -2.39. The molecule has 1 aromatic heterocycles. The molecule has 0 spiro atoms. The number of halogens is 3. The number of carbonyl (C=O) groups is 1. The van der Waals surface area contributed by atoms with E-state index >= 15 is 0 Å². The van der Waals surface area contributed by atoms with E-state index in [2.05, 4.69) is 9.15 Å². The average molecular weight is 288 g/mol. The van der Waals surface area contributed by atoms with Gasteiger partial charge in [-0.15, -0.1) is 0 Å². The summed E-state index contributed by atoms with van der Waals surface area (Å²) in [6.07, 6.45) is -6.20. The maximum Gasteiger partial charge on any atom is 0.426 e. The van der Waals surface area contributed by atoms with Gasteiger partial charge >= 0.3 is 12.1 Å². The van der Waals surface area contributed by atoms with E-state index in [1.165, 1.54) is 0 Å². The van der Waals surface area contributed by atoms with Gasteiger partial charge in [-0.25, -0.2) is 4.79 Å². The van der Waals surface area contributed by atoms with Crippen LogP contribution in [0.1, 0.15) is 10.4 Å². The number of hydrogen-bond acceptors (Lipinski definition) is 5. The molecule has 10 heteroatoms. The zero-order valence-corrected chi connectivity index (χ0v) is 9.36. The van der Waals surface area contributed by atoms with Gasteiger partial charge in [-0.2, -0.15) is 21.6 Å². The second-order valence-corrected chi connectivity index (χ2v) is 4.69. The van der Waals surface area contributed by atoms with Crippen LogP contribution in [0.3, 0.4) is 0 Å². The summed E-state index contributed by atoms with van der Waals surface area (Å²) < 4.78 is 74.7. The second-order valence-electron chi connectivity index (χ2n) is 3.20. The molecule has 0 aliphatic rings. The van der Waals surface area contributed by atoms with Crippen LogP contribution in [0.15, 0.2) is 23.0 Å². The Hall–Kier alpha value is -1.55. The van der Waals surface area contributed by atoms with Gasteiger partial charge in [0.2, 0.25) is 6.10 Å². The predicted molar refractivity (Wildman–Crippen MR) is 50.4 cm³/mol. The van der Waals surface area contributed by atoms with Gasteiger partial charge in [0.15, 0.2) is 0 Å². The molecular weight excluding hydrogens is 281 g/mol. The van der Waals surface area contributed by atoms with Gasteiger partial charge in [0.1, 0.15) is 12.0 Å². The molecule has 1 rings (SSSR count). The van der Waals surface area contributed by atoms with Gasteiger partial charge in [-0.3, -0.25) is 4.55 Å². The molecule has 102 valence electrons. The Labute approximate surface area is 99.1 Å². The molecule has 0 saturated heterocycles. The number of rotatable bonds is 4. The van der Waals surface area contributed by atoms with Gasteiger partial charge in [0.05, 0.1) is 11.8 Å². The van der Waals surface area contributed by atoms with Crippen molar-refractivity contribution in [1.29, 1.82) is 0 Å². The van der Waals surface area contributed by atoms with E-state index in [0.29, 0.717) is 0 Å². The maximum absolute atomic E-state index is 12.4. The number of carbonyl (C=O) groups excluding carboxylic acids is 1. The van der Waals surface area contributed by atoms with Crippen molar-refractivity contribution in [3.8, 4) is 0 Å². The standard InChI is InChI=1S/C8H7F3O6S/c9-8(10,11)6(4-18(13,14)15)17-7(12)5-1-2-16-3-5/h1-3,6H,4H2,(H,13,14,15). The van der Waals surface area contributed by atoms with Gasteiger partial charge in [-0.1, -0.05) is 0 Å². The Balaban J connectivity index is 2.83. The molecule has 1 aromatic rings. The summed E-state index contributed by atoms with van der Waals surface area (Å²) in [5, 5.41) is 0. The average Bonchev–Trinajstić information content (AvgIpc) is 2.65. The molecule has 0 saturated carbocycles. The molecule has 0 aliphatic carbocycles. The minimum atomic E-state index is -5.12. The highest BCUT2D eigenvalue weighted by atomic mass is 32.2. The van der Waals surface area contributed by atoms with Crippen LogP contribution < -0.4 is 0 Å². The minimum Gasteiger partial charge on any atom is -0.472 e. The maximum atomic E-state index is 12.4. The number of hydrogen-bond donors (Lipinski definition) is 1. The van der Waals surface area contributed by atoms with Crippen LogP contribution in [0.4, 0.5) is 13.2 Å². The topological polar surface area (TPSA) is 93.8 Å². The Morgan fingerprint density at radius 1 is 1.50 bits per heavy atom. The number of ether oxygens (including phenoxy) is 1. The molecule has 6 nitrogen and oxygen atoms in total. The van der Waals surface area contributed by atoms with Crippen molar-refractivity contribution in [2.75, 3.05) is 5.75 Å². The highest BCUT2D eigenvalue weighted by Gasteiger charge is 2.45. The molecular formula is C8H7F3O6S. The third kappa shape index (κ3) is 4.37. The number of alkyl halides is 3. The van der Waals surface area contributed by atoms with Crippen molar-refractivity contribution in [2.24, 2.45) is 0 Å². The normalized spacial score (nSPS) is 14.2. The zero-order valence-electron chi connectivity index (χ0n) is 8.55. The van der Waals surface area contributed by atoms with E-state index < -0.39 is 34.1 Å². The van der Waals surface area contributed by atoms with Crippen LogP contribution >= 0.6 is 0 Å². The Kier molecular flexibility index (Phi) is 4.02. The van der Waals surface area contributed by atoms with Gasteiger partial charge in [0.25, 0.3) is 10.1 Å². The van der Waals surface area contributed by atoms with Crippen LogP contribution in [0.25, 0.3) is 0 Å². The first-order valence-electron chi connectivity index (χ1n) is 4.34. The number of furan rings is 1. The fourth-order valence-electron chi connectivity index (χ4n) is 0.964.